The van der Waals surface area contributed by atoms with Gasteiger partial charge in [0.15, 0.2) is 0 Å². The summed E-state index contributed by atoms with van der Waals surface area (Å²) in [7, 11) is 0. The number of hydrogen-bond donors (Lipinski definition) is 2. The SMILES string of the molecule is N=C(N)c1ccc(COCc2ccccc2)cc1. The smallest absolute Gasteiger partial charge is 0.122 e. The zero-order valence-electron chi connectivity index (χ0n) is 10.1. The van der Waals surface area contributed by atoms with E-state index in [9.17, 15) is 0 Å². The molecule has 2 rings (SSSR count). The molecule has 0 bridgehead atoms. The van der Waals surface area contributed by atoms with Crippen LogP contribution in [0, 0.1) is 5.41 Å². The number of rotatable bonds is 5. The summed E-state index contributed by atoms with van der Waals surface area (Å²) in [6.07, 6.45) is 0. The molecule has 0 fully saturated rings. The normalized spacial score (nSPS) is 10.2. The Labute approximate surface area is 107 Å². The minimum atomic E-state index is 0.0896. The van der Waals surface area contributed by atoms with Gasteiger partial charge in [-0.3, -0.25) is 5.41 Å². The molecule has 0 aromatic heterocycles. The highest BCUT2D eigenvalue weighted by molar-refractivity contribution is 5.94. The van der Waals surface area contributed by atoms with Crippen molar-refractivity contribution >= 4 is 5.84 Å². The van der Waals surface area contributed by atoms with Crippen LogP contribution >= 0.6 is 0 Å². The monoisotopic (exact) mass is 240 g/mol. The number of amidine groups is 1. The first-order valence-electron chi connectivity index (χ1n) is 5.81. The maximum Gasteiger partial charge on any atom is 0.122 e. The molecular formula is C15H16N2O. The first-order chi connectivity index (χ1) is 8.75. The lowest BCUT2D eigenvalue weighted by molar-refractivity contribution is 0.107. The average Bonchev–Trinajstić information content (AvgIpc) is 2.40. The minimum absolute atomic E-state index is 0.0896. The van der Waals surface area contributed by atoms with E-state index in [0.717, 1.165) is 16.7 Å². The summed E-state index contributed by atoms with van der Waals surface area (Å²) < 4.78 is 5.62. The lowest BCUT2D eigenvalue weighted by Gasteiger charge is -2.05. The second kappa shape index (κ2) is 5.98. The number of ether oxygens (including phenoxy) is 1. The van der Waals surface area contributed by atoms with Crippen LogP contribution in [0.1, 0.15) is 16.7 Å². The van der Waals surface area contributed by atoms with Crippen molar-refractivity contribution in [3.63, 3.8) is 0 Å². The Hall–Kier alpha value is -2.13. The highest BCUT2D eigenvalue weighted by Gasteiger charge is 1.98. The van der Waals surface area contributed by atoms with E-state index in [-0.39, 0.29) is 5.84 Å². The van der Waals surface area contributed by atoms with Gasteiger partial charge in [0.25, 0.3) is 0 Å². The molecule has 92 valence electrons. The lowest BCUT2D eigenvalue weighted by atomic mass is 10.1. The topological polar surface area (TPSA) is 59.1 Å². The summed E-state index contributed by atoms with van der Waals surface area (Å²) >= 11 is 0. The fourth-order valence-electron chi connectivity index (χ4n) is 1.64. The molecule has 0 radical (unpaired) electrons. The van der Waals surface area contributed by atoms with Gasteiger partial charge in [0.1, 0.15) is 5.84 Å². The first kappa shape index (κ1) is 12.3. The van der Waals surface area contributed by atoms with Crippen molar-refractivity contribution in [2.45, 2.75) is 13.2 Å². The van der Waals surface area contributed by atoms with Crippen molar-refractivity contribution < 1.29 is 4.74 Å². The second-order valence-electron chi connectivity index (χ2n) is 4.09. The minimum Gasteiger partial charge on any atom is -0.384 e. The molecule has 0 unspecified atom stereocenters. The molecule has 0 saturated carbocycles. The predicted octanol–water partition coefficient (Wildman–Crippen LogP) is 2.69. The van der Waals surface area contributed by atoms with Crippen LogP contribution in [0.5, 0.6) is 0 Å². The van der Waals surface area contributed by atoms with Crippen LogP contribution in [-0.2, 0) is 18.0 Å². The molecule has 0 aliphatic heterocycles. The first-order valence-corrected chi connectivity index (χ1v) is 5.81. The maximum atomic E-state index is 7.30. The van der Waals surface area contributed by atoms with Crippen LogP contribution in [-0.4, -0.2) is 5.84 Å². The van der Waals surface area contributed by atoms with Crippen molar-refractivity contribution in [2.24, 2.45) is 5.73 Å². The third-order valence-electron chi connectivity index (χ3n) is 2.65. The van der Waals surface area contributed by atoms with Crippen molar-refractivity contribution in [2.75, 3.05) is 0 Å². The van der Waals surface area contributed by atoms with Gasteiger partial charge < -0.3 is 10.5 Å². The van der Waals surface area contributed by atoms with Crippen LogP contribution in [0.25, 0.3) is 0 Å². The number of nitrogen functional groups attached to an aromatic ring is 1. The Morgan fingerprint density at radius 1 is 0.889 bits per heavy atom. The standard InChI is InChI=1S/C15H16N2O/c16-15(17)14-8-6-13(7-9-14)11-18-10-12-4-2-1-3-5-12/h1-9H,10-11H2,(H3,16,17). The lowest BCUT2D eigenvalue weighted by Crippen LogP contribution is -2.10. The van der Waals surface area contributed by atoms with Crippen LogP contribution in [0.15, 0.2) is 54.6 Å². The average molecular weight is 240 g/mol. The van der Waals surface area contributed by atoms with Crippen LogP contribution in [0.2, 0.25) is 0 Å². The number of benzene rings is 2. The summed E-state index contributed by atoms with van der Waals surface area (Å²) in [6.45, 7) is 1.17. The summed E-state index contributed by atoms with van der Waals surface area (Å²) in [5, 5.41) is 7.30. The number of hydrogen-bond acceptors (Lipinski definition) is 2. The third kappa shape index (κ3) is 3.43. The van der Waals surface area contributed by atoms with Gasteiger partial charge in [-0.05, 0) is 11.1 Å². The zero-order chi connectivity index (χ0) is 12.8. The zero-order valence-corrected chi connectivity index (χ0v) is 10.1. The summed E-state index contributed by atoms with van der Waals surface area (Å²) in [5.74, 6) is 0.0896. The molecule has 2 aromatic carbocycles. The van der Waals surface area contributed by atoms with Gasteiger partial charge in [-0.15, -0.1) is 0 Å². The highest BCUT2D eigenvalue weighted by Crippen LogP contribution is 2.07. The van der Waals surface area contributed by atoms with E-state index < -0.39 is 0 Å². The number of nitrogens with one attached hydrogen (secondary N) is 1. The fourth-order valence-corrected chi connectivity index (χ4v) is 1.64. The third-order valence-corrected chi connectivity index (χ3v) is 2.65. The van der Waals surface area contributed by atoms with Crippen LogP contribution in [0.3, 0.4) is 0 Å². The van der Waals surface area contributed by atoms with Crippen molar-refractivity contribution in [3.8, 4) is 0 Å². The molecule has 0 heterocycles. The Balaban J connectivity index is 1.85. The molecule has 2 aromatic rings. The van der Waals surface area contributed by atoms with E-state index in [1.54, 1.807) is 0 Å². The molecule has 0 spiro atoms. The fraction of sp³-hybridized carbons (Fsp3) is 0.133. The van der Waals surface area contributed by atoms with Gasteiger partial charge in [-0.25, -0.2) is 0 Å². The molecule has 0 aliphatic rings. The Bertz CT molecular complexity index is 506. The Kier molecular flexibility index (Phi) is 4.10. The maximum absolute atomic E-state index is 7.30. The molecule has 0 aliphatic carbocycles. The van der Waals surface area contributed by atoms with E-state index in [2.05, 4.69) is 0 Å². The second-order valence-corrected chi connectivity index (χ2v) is 4.09. The molecule has 0 saturated heterocycles. The molecule has 0 atom stereocenters. The van der Waals surface area contributed by atoms with Gasteiger partial charge in [-0.1, -0.05) is 54.6 Å². The number of nitrogens with two attached hydrogens (primary N) is 1. The van der Waals surface area contributed by atoms with Gasteiger partial charge in [0.05, 0.1) is 13.2 Å². The van der Waals surface area contributed by atoms with E-state index in [1.165, 1.54) is 0 Å². The van der Waals surface area contributed by atoms with Gasteiger partial charge >= 0.3 is 0 Å². The van der Waals surface area contributed by atoms with E-state index >= 15 is 0 Å². The molecule has 0 amide bonds. The van der Waals surface area contributed by atoms with E-state index in [4.69, 9.17) is 15.9 Å². The Morgan fingerprint density at radius 2 is 1.44 bits per heavy atom. The van der Waals surface area contributed by atoms with Crippen molar-refractivity contribution in [1.82, 2.24) is 0 Å². The molecular weight excluding hydrogens is 224 g/mol. The van der Waals surface area contributed by atoms with Crippen LogP contribution in [0.4, 0.5) is 0 Å². The van der Waals surface area contributed by atoms with Crippen molar-refractivity contribution in [1.29, 1.82) is 5.41 Å². The van der Waals surface area contributed by atoms with E-state index in [0.29, 0.717) is 13.2 Å². The summed E-state index contributed by atoms with van der Waals surface area (Å²) in [6, 6.07) is 17.6. The molecule has 3 nitrogen and oxygen atoms in total. The van der Waals surface area contributed by atoms with Crippen LogP contribution < -0.4 is 5.73 Å². The molecule has 3 heteroatoms. The molecule has 3 N–H and O–H groups in total. The molecule has 18 heavy (non-hydrogen) atoms. The van der Waals surface area contributed by atoms with Gasteiger partial charge in [-0.2, -0.15) is 0 Å². The van der Waals surface area contributed by atoms with Gasteiger partial charge in [0, 0.05) is 5.56 Å². The quantitative estimate of drug-likeness (QED) is 0.623. The van der Waals surface area contributed by atoms with Gasteiger partial charge in [0.2, 0.25) is 0 Å². The van der Waals surface area contributed by atoms with E-state index in [1.807, 2.05) is 54.6 Å². The Morgan fingerprint density at radius 3 is 2.00 bits per heavy atom. The summed E-state index contributed by atoms with van der Waals surface area (Å²) in [4.78, 5) is 0. The largest absolute Gasteiger partial charge is 0.384 e. The summed E-state index contributed by atoms with van der Waals surface area (Å²) in [5.41, 5.74) is 8.37. The highest BCUT2D eigenvalue weighted by atomic mass is 16.5. The van der Waals surface area contributed by atoms with Crippen molar-refractivity contribution in [3.05, 3.63) is 71.3 Å². The predicted molar refractivity (Wildman–Crippen MR) is 72.4 cm³/mol.